The first-order valence-electron chi connectivity index (χ1n) is 7.14. The number of nitrogens with one attached hydrogen (secondary N) is 1. The Balaban J connectivity index is 1.78. The van der Waals surface area contributed by atoms with Crippen LogP contribution in [0, 0.1) is 11.8 Å². The number of fused-ring (bicyclic) bond motifs is 2. The number of carbonyl (C=O) groups excluding carboxylic acids is 1. The fourth-order valence-electron chi connectivity index (χ4n) is 3.32. The van der Waals surface area contributed by atoms with Crippen molar-refractivity contribution in [2.75, 3.05) is 5.32 Å². The summed E-state index contributed by atoms with van der Waals surface area (Å²) in [4.78, 5) is 23.7. The van der Waals surface area contributed by atoms with Gasteiger partial charge in [0.15, 0.2) is 0 Å². The molecule has 2 bridgehead atoms. The van der Waals surface area contributed by atoms with E-state index in [4.69, 9.17) is 4.74 Å². The fourth-order valence-corrected chi connectivity index (χ4v) is 3.32. The first kappa shape index (κ1) is 15.8. The maximum absolute atomic E-state index is 12.7. The van der Waals surface area contributed by atoms with E-state index in [1.807, 2.05) is 0 Å². The number of amides is 1. The Morgan fingerprint density at radius 3 is 2.43 bits per heavy atom. The number of carboxylic acid groups (broad SMARTS) is 1. The van der Waals surface area contributed by atoms with Gasteiger partial charge in [-0.25, -0.2) is 0 Å². The summed E-state index contributed by atoms with van der Waals surface area (Å²) in [6.45, 7) is 0. The fraction of sp³-hybridized carbons (Fsp3) is 0.467. The van der Waals surface area contributed by atoms with Crippen LogP contribution in [0.25, 0.3) is 0 Å². The largest absolute Gasteiger partial charge is 0.481 e. The predicted octanol–water partition coefficient (Wildman–Crippen LogP) is 2.52. The van der Waals surface area contributed by atoms with Gasteiger partial charge in [0, 0.05) is 5.69 Å². The van der Waals surface area contributed by atoms with Crippen LogP contribution < -0.4 is 5.32 Å². The van der Waals surface area contributed by atoms with E-state index in [1.165, 1.54) is 12.1 Å². The SMILES string of the molecule is O=C(O)[C@@H]1[C@H](C(=O)Nc2cccc(C(F)(F)F)c2)[C@@H]2CC[C@@H]1O2. The Hall–Kier alpha value is -2.09. The van der Waals surface area contributed by atoms with E-state index in [2.05, 4.69) is 5.32 Å². The second-order valence-electron chi connectivity index (χ2n) is 5.75. The highest BCUT2D eigenvalue weighted by molar-refractivity contribution is 5.96. The van der Waals surface area contributed by atoms with Crippen molar-refractivity contribution in [1.29, 1.82) is 0 Å². The van der Waals surface area contributed by atoms with Crippen LogP contribution in [0.4, 0.5) is 18.9 Å². The molecule has 2 N–H and O–H groups in total. The topological polar surface area (TPSA) is 75.6 Å². The second-order valence-corrected chi connectivity index (χ2v) is 5.75. The third kappa shape index (κ3) is 2.90. The summed E-state index contributed by atoms with van der Waals surface area (Å²) in [6, 6.07) is 4.24. The van der Waals surface area contributed by atoms with Gasteiger partial charge in [-0.15, -0.1) is 0 Å². The third-order valence-electron chi connectivity index (χ3n) is 4.32. The van der Waals surface area contributed by atoms with Crippen molar-refractivity contribution < 1.29 is 32.6 Å². The molecule has 0 aromatic heterocycles. The number of benzene rings is 1. The Bertz CT molecular complexity index is 646. The minimum atomic E-state index is -4.51. The average molecular weight is 329 g/mol. The number of alkyl halides is 3. The number of anilines is 1. The molecule has 1 aromatic rings. The predicted molar refractivity (Wildman–Crippen MR) is 72.6 cm³/mol. The van der Waals surface area contributed by atoms with Gasteiger partial charge < -0.3 is 15.2 Å². The minimum Gasteiger partial charge on any atom is -0.481 e. The summed E-state index contributed by atoms with van der Waals surface area (Å²) in [5.74, 6) is -3.59. The average Bonchev–Trinajstić information content (AvgIpc) is 3.07. The molecule has 4 atom stereocenters. The summed E-state index contributed by atoms with van der Waals surface area (Å²) >= 11 is 0. The van der Waals surface area contributed by atoms with Crippen LogP contribution in [0.15, 0.2) is 24.3 Å². The number of carbonyl (C=O) groups is 2. The van der Waals surface area contributed by atoms with Crippen molar-refractivity contribution in [3.05, 3.63) is 29.8 Å². The smallest absolute Gasteiger partial charge is 0.416 e. The Kier molecular flexibility index (Phi) is 3.79. The molecule has 124 valence electrons. The molecular formula is C15H14F3NO4. The highest BCUT2D eigenvalue weighted by Gasteiger charge is 2.55. The molecule has 2 saturated heterocycles. The molecule has 2 fully saturated rings. The van der Waals surface area contributed by atoms with Crippen molar-refractivity contribution in [3.8, 4) is 0 Å². The molecule has 2 aliphatic heterocycles. The number of hydrogen-bond acceptors (Lipinski definition) is 3. The van der Waals surface area contributed by atoms with Crippen molar-refractivity contribution >= 4 is 17.6 Å². The lowest BCUT2D eigenvalue weighted by Gasteiger charge is -2.24. The number of aliphatic carboxylic acids is 1. The number of rotatable bonds is 3. The van der Waals surface area contributed by atoms with Gasteiger partial charge >= 0.3 is 12.1 Å². The van der Waals surface area contributed by atoms with Crippen LogP contribution in [-0.4, -0.2) is 29.2 Å². The van der Waals surface area contributed by atoms with Crippen LogP contribution in [0.1, 0.15) is 18.4 Å². The van der Waals surface area contributed by atoms with Gasteiger partial charge in [0.25, 0.3) is 0 Å². The van der Waals surface area contributed by atoms with Crippen molar-refractivity contribution in [2.24, 2.45) is 11.8 Å². The summed E-state index contributed by atoms with van der Waals surface area (Å²) in [7, 11) is 0. The van der Waals surface area contributed by atoms with E-state index >= 15 is 0 Å². The molecule has 1 aromatic carbocycles. The molecule has 2 aliphatic rings. The Morgan fingerprint density at radius 1 is 1.17 bits per heavy atom. The van der Waals surface area contributed by atoms with Crippen LogP contribution in [0.5, 0.6) is 0 Å². The van der Waals surface area contributed by atoms with Gasteiger partial charge in [-0.2, -0.15) is 13.2 Å². The van der Waals surface area contributed by atoms with Crippen LogP contribution >= 0.6 is 0 Å². The highest BCUT2D eigenvalue weighted by Crippen LogP contribution is 2.44. The van der Waals surface area contributed by atoms with Gasteiger partial charge in [0.05, 0.1) is 29.6 Å². The zero-order chi connectivity index (χ0) is 16.8. The lowest BCUT2D eigenvalue weighted by Crippen LogP contribution is -2.40. The van der Waals surface area contributed by atoms with E-state index in [9.17, 15) is 27.9 Å². The van der Waals surface area contributed by atoms with E-state index in [-0.39, 0.29) is 5.69 Å². The van der Waals surface area contributed by atoms with Crippen LogP contribution in [0.2, 0.25) is 0 Å². The number of carboxylic acids is 1. The zero-order valence-electron chi connectivity index (χ0n) is 11.8. The van der Waals surface area contributed by atoms with Gasteiger partial charge in [0.2, 0.25) is 5.91 Å². The first-order chi connectivity index (χ1) is 10.8. The number of hydrogen-bond donors (Lipinski definition) is 2. The molecule has 5 nitrogen and oxygen atoms in total. The summed E-state index contributed by atoms with van der Waals surface area (Å²) in [6.07, 6.45) is -4.36. The van der Waals surface area contributed by atoms with Gasteiger partial charge in [-0.3, -0.25) is 9.59 Å². The summed E-state index contributed by atoms with van der Waals surface area (Å²) in [5.41, 5.74) is -0.897. The molecule has 0 spiro atoms. The van der Waals surface area contributed by atoms with Gasteiger partial charge in [-0.05, 0) is 31.0 Å². The lowest BCUT2D eigenvalue weighted by molar-refractivity contribution is -0.147. The number of halogens is 3. The molecule has 1 amide bonds. The molecule has 23 heavy (non-hydrogen) atoms. The van der Waals surface area contributed by atoms with Crippen LogP contribution in [-0.2, 0) is 20.5 Å². The summed E-state index contributed by atoms with van der Waals surface area (Å²) in [5, 5.41) is 11.6. The molecular weight excluding hydrogens is 315 g/mol. The molecule has 8 heteroatoms. The zero-order valence-corrected chi connectivity index (χ0v) is 11.8. The maximum atomic E-state index is 12.7. The molecule has 0 radical (unpaired) electrons. The standard InChI is InChI=1S/C15H14F3NO4/c16-15(17,18)7-2-1-3-8(6-7)19-13(20)11-9-4-5-10(23-9)12(11)14(21)22/h1-3,6,9-12H,4-5H2,(H,19,20)(H,21,22)/t9-,10-,11+,12-/m0/s1. The van der Waals surface area contributed by atoms with E-state index in [1.54, 1.807) is 0 Å². The second kappa shape index (κ2) is 5.52. The third-order valence-corrected chi connectivity index (χ3v) is 4.32. The lowest BCUT2D eigenvalue weighted by atomic mass is 9.78. The minimum absolute atomic E-state index is 0.0169. The van der Waals surface area contributed by atoms with E-state index in [0.717, 1.165) is 12.1 Å². The van der Waals surface area contributed by atoms with E-state index in [0.29, 0.717) is 12.8 Å². The summed E-state index contributed by atoms with van der Waals surface area (Å²) < 4.78 is 43.5. The van der Waals surface area contributed by atoms with Crippen molar-refractivity contribution in [2.45, 2.75) is 31.2 Å². The number of ether oxygens (including phenoxy) is 1. The molecule has 0 aliphatic carbocycles. The van der Waals surface area contributed by atoms with E-state index < -0.39 is 47.7 Å². The monoisotopic (exact) mass is 329 g/mol. The molecule has 3 rings (SSSR count). The molecule has 0 unspecified atom stereocenters. The Labute approximate surface area is 129 Å². The van der Waals surface area contributed by atoms with Gasteiger partial charge in [0.1, 0.15) is 0 Å². The Morgan fingerprint density at radius 2 is 1.83 bits per heavy atom. The quantitative estimate of drug-likeness (QED) is 0.893. The first-order valence-corrected chi connectivity index (χ1v) is 7.14. The normalized spacial score (nSPS) is 29.5. The van der Waals surface area contributed by atoms with Crippen molar-refractivity contribution in [1.82, 2.24) is 0 Å². The molecule has 0 saturated carbocycles. The molecule has 2 heterocycles. The van der Waals surface area contributed by atoms with Gasteiger partial charge in [-0.1, -0.05) is 6.07 Å². The van der Waals surface area contributed by atoms with Crippen molar-refractivity contribution in [3.63, 3.8) is 0 Å². The highest BCUT2D eigenvalue weighted by atomic mass is 19.4. The maximum Gasteiger partial charge on any atom is 0.416 e. The van der Waals surface area contributed by atoms with Crippen LogP contribution in [0.3, 0.4) is 0 Å².